The molecule has 0 aliphatic rings. The minimum atomic E-state index is -0.571. The Hall–Kier alpha value is -1.26. The van der Waals surface area contributed by atoms with Gasteiger partial charge in [0.1, 0.15) is 0 Å². The Labute approximate surface area is 93.0 Å². The third-order valence-corrected chi connectivity index (χ3v) is 2.16. The van der Waals surface area contributed by atoms with E-state index in [1.165, 1.54) is 6.07 Å². The smallest absolute Gasteiger partial charge is 0.251 e. The number of aliphatic hydroxyl groups excluding tert-OH is 1. The predicted octanol–water partition coefficient (Wildman–Crippen LogP) is 1.03. The van der Waals surface area contributed by atoms with Gasteiger partial charge >= 0.3 is 0 Å². The van der Waals surface area contributed by atoms with Crippen LogP contribution >= 0.6 is 11.6 Å². The van der Waals surface area contributed by atoms with E-state index in [1.807, 2.05) is 0 Å². The van der Waals surface area contributed by atoms with Crippen molar-refractivity contribution in [2.45, 2.75) is 13.0 Å². The minimum absolute atomic E-state index is 0.210. The zero-order chi connectivity index (χ0) is 11.4. The number of nitrogens with two attached hydrogens (primary N) is 1. The van der Waals surface area contributed by atoms with Crippen molar-refractivity contribution in [3.8, 4) is 0 Å². The molecular formula is C10H13ClN2O2. The summed E-state index contributed by atoms with van der Waals surface area (Å²) in [6.07, 6.45) is -0.571. The number of hydrogen-bond acceptors (Lipinski definition) is 3. The summed E-state index contributed by atoms with van der Waals surface area (Å²) in [6, 6.07) is 4.64. The van der Waals surface area contributed by atoms with Gasteiger partial charge in [0.15, 0.2) is 0 Å². The second kappa shape index (κ2) is 5.00. The Kier molecular flexibility index (Phi) is 3.94. The number of hydrogen-bond donors (Lipinski definition) is 3. The van der Waals surface area contributed by atoms with Crippen molar-refractivity contribution in [2.75, 3.05) is 12.3 Å². The highest BCUT2D eigenvalue weighted by atomic mass is 35.5. The number of halogens is 1. The SMILES string of the molecule is CC(O)CNC(=O)c1ccc(Cl)c(N)c1. The van der Waals surface area contributed by atoms with Gasteiger partial charge in [-0.3, -0.25) is 4.79 Å². The molecule has 1 amide bonds. The summed E-state index contributed by atoms with van der Waals surface area (Å²) in [4.78, 5) is 11.5. The van der Waals surface area contributed by atoms with Crippen molar-refractivity contribution < 1.29 is 9.90 Å². The van der Waals surface area contributed by atoms with Crippen LogP contribution in [0.3, 0.4) is 0 Å². The van der Waals surface area contributed by atoms with Crippen molar-refractivity contribution in [3.05, 3.63) is 28.8 Å². The van der Waals surface area contributed by atoms with Gasteiger partial charge in [0.05, 0.1) is 16.8 Å². The first-order valence-corrected chi connectivity index (χ1v) is 4.90. The second-order valence-electron chi connectivity index (χ2n) is 3.30. The van der Waals surface area contributed by atoms with Gasteiger partial charge in [0.2, 0.25) is 0 Å². The van der Waals surface area contributed by atoms with Crippen molar-refractivity contribution in [3.63, 3.8) is 0 Å². The summed E-state index contributed by atoms with van der Waals surface area (Å²) in [5.41, 5.74) is 6.34. The molecule has 1 atom stereocenters. The van der Waals surface area contributed by atoms with Gasteiger partial charge in [0.25, 0.3) is 5.91 Å². The first-order chi connectivity index (χ1) is 7.00. The van der Waals surface area contributed by atoms with Crippen LogP contribution in [0.5, 0.6) is 0 Å². The fraction of sp³-hybridized carbons (Fsp3) is 0.300. The van der Waals surface area contributed by atoms with Crippen LogP contribution in [0.4, 0.5) is 5.69 Å². The normalized spacial score (nSPS) is 12.2. The topological polar surface area (TPSA) is 75.3 Å². The molecule has 1 aromatic carbocycles. The third-order valence-electron chi connectivity index (χ3n) is 1.82. The molecule has 1 unspecified atom stereocenters. The van der Waals surface area contributed by atoms with Gasteiger partial charge in [-0.25, -0.2) is 0 Å². The van der Waals surface area contributed by atoms with Crippen LogP contribution in [0.15, 0.2) is 18.2 Å². The molecule has 0 aromatic heterocycles. The monoisotopic (exact) mass is 228 g/mol. The van der Waals surface area contributed by atoms with E-state index >= 15 is 0 Å². The van der Waals surface area contributed by atoms with E-state index in [9.17, 15) is 4.79 Å². The molecule has 1 rings (SSSR count). The molecule has 5 heteroatoms. The van der Waals surface area contributed by atoms with E-state index in [0.29, 0.717) is 16.3 Å². The highest BCUT2D eigenvalue weighted by Gasteiger charge is 2.07. The molecule has 15 heavy (non-hydrogen) atoms. The number of nitrogens with one attached hydrogen (secondary N) is 1. The van der Waals surface area contributed by atoms with Gasteiger partial charge in [-0.05, 0) is 25.1 Å². The number of nitrogen functional groups attached to an aromatic ring is 1. The average Bonchev–Trinajstić information content (AvgIpc) is 2.18. The number of carbonyl (C=O) groups is 1. The zero-order valence-corrected chi connectivity index (χ0v) is 9.08. The molecule has 0 fully saturated rings. The van der Waals surface area contributed by atoms with E-state index in [4.69, 9.17) is 22.4 Å². The fourth-order valence-electron chi connectivity index (χ4n) is 1.03. The molecule has 4 N–H and O–H groups in total. The van der Waals surface area contributed by atoms with E-state index in [0.717, 1.165) is 0 Å². The third kappa shape index (κ3) is 3.42. The number of carbonyl (C=O) groups excluding carboxylic acids is 1. The maximum absolute atomic E-state index is 11.5. The van der Waals surface area contributed by atoms with Crippen molar-refractivity contribution in [2.24, 2.45) is 0 Å². The van der Waals surface area contributed by atoms with Gasteiger partial charge in [0, 0.05) is 12.1 Å². The molecule has 0 heterocycles. The molecule has 0 saturated heterocycles. The van der Waals surface area contributed by atoms with Crippen LogP contribution in [-0.2, 0) is 0 Å². The summed E-state index contributed by atoms with van der Waals surface area (Å²) in [7, 11) is 0. The number of benzene rings is 1. The lowest BCUT2D eigenvalue weighted by molar-refractivity contribution is 0.0924. The summed E-state index contributed by atoms with van der Waals surface area (Å²) in [5.74, 6) is -0.278. The van der Waals surface area contributed by atoms with E-state index in [-0.39, 0.29) is 12.5 Å². The maximum Gasteiger partial charge on any atom is 0.251 e. The van der Waals surface area contributed by atoms with E-state index in [2.05, 4.69) is 5.32 Å². The Morgan fingerprint density at radius 3 is 2.87 bits per heavy atom. The lowest BCUT2D eigenvalue weighted by Crippen LogP contribution is -2.30. The Morgan fingerprint density at radius 1 is 1.67 bits per heavy atom. The molecule has 4 nitrogen and oxygen atoms in total. The lowest BCUT2D eigenvalue weighted by Gasteiger charge is -2.07. The molecular weight excluding hydrogens is 216 g/mol. The summed E-state index contributed by atoms with van der Waals surface area (Å²) < 4.78 is 0. The molecule has 0 radical (unpaired) electrons. The molecule has 0 aliphatic carbocycles. The van der Waals surface area contributed by atoms with Gasteiger partial charge in [-0.15, -0.1) is 0 Å². The standard InChI is InChI=1S/C10H13ClN2O2/c1-6(14)5-13-10(15)7-2-3-8(11)9(12)4-7/h2-4,6,14H,5,12H2,1H3,(H,13,15). The Bertz CT molecular complexity index is 366. The first-order valence-electron chi connectivity index (χ1n) is 4.52. The summed E-state index contributed by atoms with van der Waals surface area (Å²) in [5, 5.41) is 12.0. The maximum atomic E-state index is 11.5. The first kappa shape index (κ1) is 11.8. The Morgan fingerprint density at radius 2 is 2.33 bits per heavy atom. The van der Waals surface area contributed by atoms with Crippen molar-refractivity contribution in [1.82, 2.24) is 5.32 Å². The second-order valence-corrected chi connectivity index (χ2v) is 3.70. The van der Waals surface area contributed by atoms with E-state index < -0.39 is 6.10 Å². The van der Waals surface area contributed by atoms with Gasteiger partial charge in [-0.1, -0.05) is 11.6 Å². The number of anilines is 1. The minimum Gasteiger partial charge on any atom is -0.398 e. The zero-order valence-electron chi connectivity index (χ0n) is 8.33. The largest absolute Gasteiger partial charge is 0.398 e. The number of rotatable bonds is 3. The van der Waals surface area contributed by atoms with Crippen molar-refractivity contribution >= 4 is 23.2 Å². The number of aliphatic hydroxyl groups is 1. The number of amides is 1. The van der Waals surface area contributed by atoms with Crippen LogP contribution in [-0.4, -0.2) is 23.7 Å². The van der Waals surface area contributed by atoms with Crippen LogP contribution in [0.2, 0.25) is 5.02 Å². The molecule has 0 aliphatic heterocycles. The van der Waals surface area contributed by atoms with Crippen LogP contribution in [0, 0.1) is 0 Å². The molecule has 0 spiro atoms. The fourth-order valence-corrected chi connectivity index (χ4v) is 1.15. The summed E-state index contributed by atoms with van der Waals surface area (Å²) >= 11 is 5.72. The lowest BCUT2D eigenvalue weighted by atomic mass is 10.2. The molecule has 0 saturated carbocycles. The molecule has 0 bridgehead atoms. The van der Waals surface area contributed by atoms with Crippen LogP contribution in [0.25, 0.3) is 0 Å². The van der Waals surface area contributed by atoms with E-state index in [1.54, 1.807) is 19.1 Å². The quantitative estimate of drug-likeness (QED) is 0.677. The predicted molar refractivity (Wildman–Crippen MR) is 59.9 cm³/mol. The van der Waals surface area contributed by atoms with Crippen LogP contribution in [0.1, 0.15) is 17.3 Å². The van der Waals surface area contributed by atoms with Gasteiger partial charge < -0.3 is 16.2 Å². The molecule has 82 valence electrons. The highest BCUT2D eigenvalue weighted by molar-refractivity contribution is 6.33. The Balaban J connectivity index is 2.70. The highest BCUT2D eigenvalue weighted by Crippen LogP contribution is 2.19. The van der Waals surface area contributed by atoms with Crippen molar-refractivity contribution in [1.29, 1.82) is 0 Å². The molecule has 1 aromatic rings. The summed E-state index contributed by atoms with van der Waals surface area (Å²) in [6.45, 7) is 1.80. The van der Waals surface area contributed by atoms with Gasteiger partial charge in [-0.2, -0.15) is 0 Å². The average molecular weight is 229 g/mol. The van der Waals surface area contributed by atoms with Crippen LogP contribution < -0.4 is 11.1 Å².